The van der Waals surface area contributed by atoms with Gasteiger partial charge in [-0.15, -0.1) is 11.3 Å². The zero-order valence-corrected chi connectivity index (χ0v) is 10.3. The number of ketones is 1. The van der Waals surface area contributed by atoms with Crippen LogP contribution >= 0.6 is 11.3 Å². The molecule has 2 aromatic rings. The van der Waals surface area contributed by atoms with Crippen molar-refractivity contribution in [1.29, 1.82) is 0 Å². The molecule has 0 fully saturated rings. The minimum Gasteiger partial charge on any atom is -0.288 e. The summed E-state index contributed by atoms with van der Waals surface area (Å²) in [6.07, 6.45) is 0.782. The monoisotopic (exact) mass is 270 g/mol. The summed E-state index contributed by atoms with van der Waals surface area (Å²) < 4.78 is 38.8. The number of aryl methyl sites for hydroxylation is 1. The third-order valence-corrected chi connectivity index (χ3v) is 3.71. The Morgan fingerprint density at radius 3 is 2.28 bits per heavy atom. The van der Waals surface area contributed by atoms with E-state index in [9.17, 15) is 18.0 Å². The molecule has 0 saturated heterocycles. The van der Waals surface area contributed by atoms with Crippen molar-refractivity contribution in [2.45, 2.75) is 13.3 Å². The summed E-state index contributed by atoms with van der Waals surface area (Å²) >= 11 is 1.26. The first-order valence-corrected chi connectivity index (χ1v) is 6.12. The maximum Gasteiger partial charge on any atom is 0.203 e. The summed E-state index contributed by atoms with van der Waals surface area (Å²) in [4.78, 5) is 13.3. The molecule has 0 aliphatic carbocycles. The number of carbonyl (C=O) groups excluding carboxylic acids is 1. The van der Waals surface area contributed by atoms with Crippen LogP contribution in [0.4, 0.5) is 13.2 Å². The highest BCUT2D eigenvalue weighted by Gasteiger charge is 2.17. The second-order valence-electron chi connectivity index (χ2n) is 3.70. The fourth-order valence-electron chi connectivity index (χ4n) is 1.52. The summed E-state index contributed by atoms with van der Waals surface area (Å²) in [5.41, 5.74) is -0.184. The first-order chi connectivity index (χ1) is 8.52. The van der Waals surface area contributed by atoms with Crippen LogP contribution in [-0.4, -0.2) is 5.78 Å². The minimum atomic E-state index is -1.56. The maximum atomic E-state index is 13.0. The van der Waals surface area contributed by atoms with Crippen molar-refractivity contribution in [2.24, 2.45) is 0 Å². The molecule has 2 rings (SSSR count). The van der Waals surface area contributed by atoms with Crippen LogP contribution in [0.5, 0.6) is 0 Å². The van der Waals surface area contributed by atoms with Gasteiger partial charge in [0.25, 0.3) is 0 Å². The number of hydrogen-bond donors (Lipinski definition) is 0. The van der Waals surface area contributed by atoms with Gasteiger partial charge in [-0.05, 0) is 30.7 Å². The molecule has 0 aliphatic rings. The Balaban J connectivity index is 2.40. The lowest BCUT2D eigenvalue weighted by Crippen LogP contribution is -2.02. The molecule has 0 unspecified atom stereocenters. The molecular formula is C13H9F3OS. The molecule has 94 valence electrons. The first-order valence-electron chi connectivity index (χ1n) is 5.31. The highest BCUT2D eigenvalue weighted by atomic mass is 32.1. The van der Waals surface area contributed by atoms with Crippen LogP contribution in [0.25, 0.3) is 0 Å². The normalized spacial score (nSPS) is 10.7. The number of thiophene rings is 1. The highest BCUT2D eigenvalue weighted by molar-refractivity contribution is 7.14. The fourth-order valence-corrected chi connectivity index (χ4v) is 2.43. The van der Waals surface area contributed by atoms with Crippen LogP contribution in [0.15, 0.2) is 24.3 Å². The van der Waals surface area contributed by atoms with Crippen LogP contribution in [0, 0.1) is 17.5 Å². The number of benzene rings is 1. The molecule has 1 heterocycles. The Morgan fingerprint density at radius 1 is 1.17 bits per heavy atom. The van der Waals surface area contributed by atoms with E-state index in [0.29, 0.717) is 17.0 Å². The Hall–Kier alpha value is -1.62. The lowest BCUT2D eigenvalue weighted by atomic mass is 10.1. The summed E-state index contributed by atoms with van der Waals surface area (Å²) in [5.74, 6) is -4.78. The Morgan fingerprint density at radius 2 is 1.78 bits per heavy atom. The standard InChI is InChI=1S/C13H9F3OS/c1-2-8-3-4-11(18-8)13(17)7-5-9(14)12(16)10(15)6-7/h3-6H,2H2,1H3. The molecule has 18 heavy (non-hydrogen) atoms. The van der Waals surface area contributed by atoms with Crippen molar-refractivity contribution >= 4 is 17.1 Å². The van der Waals surface area contributed by atoms with Gasteiger partial charge in [0.1, 0.15) is 0 Å². The van der Waals surface area contributed by atoms with Gasteiger partial charge in [-0.25, -0.2) is 13.2 Å². The van der Waals surface area contributed by atoms with Crippen LogP contribution in [-0.2, 0) is 6.42 Å². The molecule has 0 bridgehead atoms. The van der Waals surface area contributed by atoms with Crippen LogP contribution in [0.1, 0.15) is 27.0 Å². The lowest BCUT2D eigenvalue weighted by Gasteiger charge is -2.01. The van der Waals surface area contributed by atoms with Gasteiger partial charge >= 0.3 is 0 Å². The maximum absolute atomic E-state index is 13.0. The van der Waals surface area contributed by atoms with Crippen molar-refractivity contribution in [1.82, 2.24) is 0 Å². The second kappa shape index (κ2) is 4.94. The highest BCUT2D eigenvalue weighted by Crippen LogP contribution is 2.22. The van der Waals surface area contributed by atoms with E-state index < -0.39 is 23.2 Å². The van der Waals surface area contributed by atoms with Crippen molar-refractivity contribution in [3.63, 3.8) is 0 Å². The van der Waals surface area contributed by atoms with Gasteiger partial charge in [0.2, 0.25) is 5.78 Å². The average Bonchev–Trinajstić information content (AvgIpc) is 2.83. The van der Waals surface area contributed by atoms with Gasteiger partial charge in [-0.2, -0.15) is 0 Å². The number of hydrogen-bond acceptors (Lipinski definition) is 2. The van der Waals surface area contributed by atoms with Gasteiger partial charge in [0, 0.05) is 10.4 Å². The van der Waals surface area contributed by atoms with E-state index in [2.05, 4.69) is 0 Å². The molecule has 0 spiro atoms. The van der Waals surface area contributed by atoms with Gasteiger partial charge in [-0.3, -0.25) is 4.79 Å². The number of halogens is 3. The molecule has 0 saturated carbocycles. The summed E-state index contributed by atoms with van der Waals surface area (Å²) in [6, 6.07) is 4.82. The Labute approximate surface area is 106 Å². The zero-order chi connectivity index (χ0) is 13.3. The van der Waals surface area contributed by atoms with Crippen LogP contribution < -0.4 is 0 Å². The molecule has 5 heteroatoms. The molecule has 1 aromatic carbocycles. The molecule has 0 radical (unpaired) electrons. The Kier molecular flexibility index (Phi) is 3.52. The predicted octanol–water partition coefficient (Wildman–Crippen LogP) is 3.96. The molecule has 0 N–H and O–H groups in total. The number of rotatable bonds is 3. The van der Waals surface area contributed by atoms with Crippen LogP contribution in [0.2, 0.25) is 0 Å². The third kappa shape index (κ3) is 2.31. The molecule has 1 nitrogen and oxygen atoms in total. The molecular weight excluding hydrogens is 261 g/mol. The summed E-state index contributed by atoms with van der Waals surface area (Å²) in [5, 5.41) is 0. The van der Waals surface area contributed by atoms with Gasteiger partial charge in [0.15, 0.2) is 17.5 Å². The van der Waals surface area contributed by atoms with Gasteiger partial charge in [-0.1, -0.05) is 6.92 Å². The average molecular weight is 270 g/mol. The van der Waals surface area contributed by atoms with Crippen molar-refractivity contribution in [3.05, 3.63) is 57.0 Å². The van der Waals surface area contributed by atoms with Crippen molar-refractivity contribution < 1.29 is 18.0 Å². The van der Waals surface area contributed by atoms with E-state index in [1.165, 1.54) is 11.3 Å². The number of carbonyl (C=O) groups is 1. The smallest absolute Gasteiger partial charge is 0.203 e. The van der Waals surface area contributed by atoms with E-state index >= 15 is 0 Å². The zero-order valence-electron chi connectivity index (χ0n) is 9.47. The Bertz CT molecular complexity index is 581. The van der Waals surface area contributed by atoms with E-state index in [4.69, 9.17) is 0 Å². The first kappa shape index (κ1) is 12.8. The van der Waals surface area contributed by atoms with E-state index in [1.54, 1.807) is 12.1 Å². The van der Waals surface area contributed by atoms with E-state index in [-0.39, 0.29) is 5.56 Å². The third-order valence-electron chi connectivity index (χ3n) is 2.48. The molecule has 1 aromatic heterocycles. The second-order valence-corrected chi connectivity index (χ2v) is 4.87. The molecule has 0 amide bonds. The topological polar surface area (TPSA) is 17.1 Å². The van der Waals surface area contributed by atoms with Crippen molar-refractivity contribution in [2.75, 3.05) is 0 Å². The quantitative estimate of drug-likeness (QED) is 0.609. The van der Waals surface area contributed by atoms with E-state index in [1.807, 2.05) is 6.92 Å². The molecule has 0 atom stereocenters. The van der Waals surface area contributed by atoms with Crippen molar-refractivity contribution in [3.8, 4) is 0 Å². The summed E-state index contributed by atoms with van der Waals surface area (Å²) in [6.45, 7) is 1.94. The minimum absolute atomic E-state index is 0.184. The fraction of sp³-hybridized carbons (Fsp3) is 0.154. The molecule has 0 aliphatic heterocycles. The summed E-state index contributed by atoms with van der Waals surface area (Å²) in [7, 11) is 0. The van der Waals surface area contributed by atoms with Gasteiger partial charge in [0.05, 0.1) is 4.88 Å². The predicted molar refractivity (Wildman–Crippen MR) is 63.4 cm³/mol. The largest absolute Gasteiger partial charge is 0.288 e. The lowest BCUT2D eigenvalue weighted by molar-refractivity contribution is 0.104. The SMILES string of the molecule is CCc1ccc(C(=O)c2cc(F)c(F)c(F)c2)s1. The van der Waals surface area contributed by atoms with Crippen LogP contribution in [0.3, 0.4) is 0 Å². The van der Waals surface area contributed by atoms with E-state index in [0.717, 1.165) is 11.3 Å². The van der Waals surface area contributed by atoms with Gasteiger partial charge < -0.3 is 0 Å².